The second kappa shape index (κ2) is 8.11. The number of hydrogen-bond acceptors (Lipinski definition) is 7. The molecule has 0 spiro atoms. The molecule has 3 rings (SSSR count). The number of nitrogens with zero attached hydrogens (tertiary/aromatic N) is 3. The maximum absolute atomic E-state index is 12.0. The first-order valence-electron chi connectivity index (χ1n) is 7.29. The molecule has 0 aliphatic carbocycles. The number of nitro benzene ring substituents is 1. The lowest BCUT2D eigenvalue weighted by molar-refractivity contribution is -0.384. The Morgan fingerprint density at radius 1 is 1.19 bits per heavy atom. The van der Waals surface area contributed by atoms with Crippen LogP contribution in [0.2, 0.25) is 0 Å². The summed E-state index contributed by atoms with van der Waals surface area (Å²) in [7, 11) is 0. The van der Waals surface area contributed by atoms with Crippen LogP contribution >= 0.6 is 27.7 Å². The van der Waals surface area contributed by atoms with E-state index >= 15 is 0 Å². The molecule has 2 aromatic carbocycles. The summed E-state index contributed by atoms with van der Waals surface area (Å²) in [6.45, 7) is 0. The Kier molecular flexibility index (Phi) is 5.64. The third kappa shape index (κ3) is 4.27. The molecule has 0 aliphatic heterocycles. The summed E-state index contributed by atoms with van der Waals surface area (Å²) in [6, 6.07) is 13.3. The maximum atomic E-state index is 12.0. The van der Waals surface area contributed by atoms with Crippen LogP contribution in [0.5, 0.6) is 0 Å². The molecular weight excluding hydrogens is 424 g/mol. The van der Waals surface area contributed by atoms with Crippen molar-refractivity contribution in [3.8, 4) is 11.5 Å². The lowest BCUT2D eigenvalue weighted by Crippen LogP contribution is -2.14. The molecular formula is C16H11BrN4O4S. The molecule has 0 fully saturated rings. The molecule has 0 atom stereocenters. The Morgan fingerprint density at radius 2 is 1.92 bits per heavy atom. The van der Waals surface area contributed by atoms with Crippen LogP contribution in [0.15, 0.2) is 62.6 Å². The topological polar surface area (TPSA) is 111 Å². The molecule has 1 aromatic heterocycles. The number of halogens is 1. The molecule has 0 aliphatic rings. The minimum atomic E-state index is -0.516. The van der Waals surface area contributed by atoms with Crippen LogP contribution < -0.4 is 5.32 Å². The van der Waals surface area contributed by atoms with Crippen molar-refractivity contribution in [1.82, 2.24) is 10.2 Å². The van der Waals surface area contributed by atoms with Gasteiger partial charge < -0.3 is 9.73 Å². The molecule has 8 nitrogen and oxygen atoms in total. The fraction of sp³-hybridized carbons (Fsp3) is 0.0625. The van der Waals surface area contributed by atoms with Crippen molar-refractivity contribution in [2.45, 2.75) is 5.22 Å². The van der Waals surface area contributed by atoms with Crippen molar-refractivity contribution in [3.05, 3.63) is 63.1 Å². The highest BCUT2D eigenvalue weighted by atomic mass is 79.9. The van der Waals surface area contributed by atoms with Gasteiger partial charge in [-0.25, -0.2) is 0 Å². The number of carbonyl (C=O) groups excluding carboxylic acids is 1. The summed E-state index contributed by atoms with van der Waals surface area (Å²) in [5.41, 5.74) is 0.762. The van der Waals surface area contributed by atoms with E-state index in [0.717, 1.165) is 16.2 Å². The molecule has 0 radical (unpaired) electrons. The fourth-order valence-electron chi connectivity index (χ4n) is 2.07. The zero-order valence-corrected chi connectivity index (χ0v) is 15.5. The standard InChI is InChI=1S/C16H11BrN4O4S/c17-11-6-2-3-7-12(11)18-14(22)9-26-16-20-19-15(25-16)10-5-1-4-8-13(10)21(23)24/h1-8H,9H2,(H,18,22). The van der Waals surface area contributed by atoms with Gasteiger partial charge in [-0.1, -0.05) is 36.0 Å². The number of rotatable bonds is 6. The summed E-state index contributed by atoms with van der Waals surface area (Å²) >= 11 is 4.40. The zero-order valence-electron chi connectivity index (χ0n) is 13.1. The van der Waals surface area contributed by atoms with Gasteiger partial charge >= 0.3 is 0 Å². The molecule has 0 saturated carbocycles. The van der Waals surface area contributed by atoms with Crippen molar-refractivity contribution in [2.24, 2.45) is 0 Å². The third-order valence-electron chi connectivity index (χ3n) is 3.21. The number of amides is 1. The molecule has 0 unspecified atom stereocenters. The first kappa shape index (κ1) is 18.1. The number of hydrogen-bond donors (Lipinski definition) is 1. The fourth-order valence-corrected chi connectivity index (χ4v) is 3.01. The van der Waals surface area contributed by atoms with Crippen molar-refractivity contribution in [3.63, 3.8) is 0 Å². The van der Waals surface area contributed by atoms with E-state index in [1.807, 2.05) is 18.2 Å². The summed E-state index contributed by atoms with van der Waals surface area (Å²) in [5.74, 6) is -0.154. The summed E-state index contributed by atoms with van der Waals surface area (Å²) in [5, 5.41) is 21.6. The Morgan fingerprint density at radius 3 is 2.69 bits per heavy atom. The number of thioether (sulfide) groups is 1. The number of anilines is 1. The molecule has 1 amide bonds. The van der Waals surface area contributed by atoms with E-state index in [1.165, 1.54) is 12.1 Å². The van der Waals surface area contributed by atoms with Crippen LogP contribution in [0.1, 0.15) is 0 Å². The number of carbonyl (C=O) groups is 1. The zero-order chi connectivity index (χ0) is 18.5. The van der Waals surface area contributed by atoms with Crippen LogP contribution in [0.25, 0.3) is 11.5 Å². The van der Waals surface area contributed by atoms with Crippen molar-refractivity contribution in [2.75, 3.05) is 11.1 Å². The highest BCUT2D eigenvalue weighted by molar-refractivity contribution is 9.10. The highest BCUT2D eigenvalue weighted by Gasteiger charge is 2.20. The molecule has 0 saturated heterocycles. The predicted octanol–water partition coefficient (Wildman–Crippen LogP) is 4.14. The first-order chi connectivity index (χ1) is 12.5. The Balaban J connectivity index is 1.65. The smallest absolute Gasteiger partial charge is 0.282 e. The normalized spacial score (nSPS) is 10.5. The summed E-state index contributed by atoms with van der Waals surface area (Å²) in [6.07, 6.45) is 0. The number of aromatic nitrogens is 2. The SMILES string of the molecule is O=C(CSc1nnc(-c2ccccc2[N+](=O)[O-])o1)Nc1ccccc1Br. The van der Waals surface area contributed by atoms with Gasteiger partial charge in [0.25, 0.3) is 16.8 Å². The molecule has 1 heterocycles. The molecule has 132 valence electrons. The average molecular weight is 435 g/mol. The minimum absolute atomic E-state index is 0.0333. The van der Waals surface area contributed by atoms with E-state index in [-0.39, 0.29) is 34.0 Å². The molecule has 26 heavy (non-hydrogen) atoms. The Bertz CT molecular complexity index is 963. The van der Waals surface area contributed by atoms with E-state index in [0.29, 0.717) is 5.69 Å². The van der Waals surface area contributed by atoms with Gasteiger partial charge in [0.2, 0.25) is 5.91 Å². The van der Waals surface area contributed by atoms with Gasteiger partial charge in [-0.3, -0.25) is 14.9 Å². The maximum Gasteiger partial charge on any atom is 0.282 e. The van der Waals surface area contributed by atoms with Crippen LogP contribution in [0.4, 0.5) is 11.4 Å². The van der Waals surface area contributed by atoms with Gasteiger partial charge in [-0.15, -0.1) is 10.2 Å². The number of nitrogens with one attached hydrogen (secondary N) is 1. The first-order valence-corrected chi connectivity index (χ1v) is 9.07. The Labute approximate surface area is 160 Å². The molecule has 0 bridgehead atoms. The third-order valence-corrected chi connectivity index (χ3v) is 4.72. The predicted molar refractivity (Wildman–Crippen MR) is 99.9 cm³/mol. The second-order valence-corrected chi connectivity index (χ2v) is 6.75. The van der Waals surface area contributed by atoms with Crippen LogP contribution in [-0.2, 0) is 4.79 Å². The van der Waals surface area contributed by atoms with E-state index < -0.39 is 4.92 Å². The van der Waals surface area contributed by atoms with E-state index in [9.17, 15) is 14.9 Å². The van der Waals surface area contributed by atoms with Gasteiger partial charge in [0.05, 0.1) is 16.4 Å². The largest absolute Gasteiger partial charge is 0.411 e. The second-order valence-electron chi connectivity index (χ2n) is 4.96. The van der Waals surface area contributed by atoms with Gasteiger partial charge in [0, 0.05) is 10.5 Å². The van der Waals surface area contributed by atoms with Crippen LogP contribution in [-0.4, -0.2) is 26.8 Å². The molecule has 3 aromatic rings. The number of nitro groups is 1. The minimum Gasteiger partial charge on any atom is -0.411 e. The van der Waals surface area contributed by atoms with E-state index in [4.69, 9.17) is 4.42 Å². The highest BCUT2D eigenvalue weighted by Crippen LogP contribution is 2.30. The quantitative estimate of drug-likeness (QED) is 0.352. The van der Waals surface area contributed by atoms with E-state index in [1.54, 1.807) is 18.2 Å². The lowest BCUT2D eigenvalue weighted by Gasteiger charge is -2.05. The summed E-state index contributed by atoms with van der Waals surface area (Å²) in [4.78, 5) is 22.6. The van der Waals surface area contributed by atoms with Crippen molar-refractivity contribution < 1.29 is 14.1 Å². The van der Waals surface area contributed by atoms with Gasteiger partial charge in [-0.2, -0.15) is 0 Å². The Hall–Kier alpha value is -2.72. The number of para-hydroxylation sites is 2. The van der Waals surface area contributed by atoms with Gasteiger partial charge in [0.1, 0.15) is 5.56 Å². The van der Waals surface area contributed by atoms with Crippen molar-refractivity contribution in [1.29, 1.82) is 0 Å². The monoisotopic (exact) mass is 434 g/mol. The molecule has 1 N–H and O–H groups in total. The van der Waals surface area contributed by atoms with Crippen molar-refractivity contribution >= 4 is 45.0 Å². The lowest BCUT2D eigenvalue weighted by atomic mass is 10.2. The average Bonchev–Trinajstić information content (AvgIpc) is 3.11. The van der Waals surface area contributed by atoms with Gasteiger partial charge in [0.15, 0.2) is 0 Å². The molecule has 10 heteroatoms. The van der Waals surface area contributed by atoms with Crippen LogP contribution in [0, 0.1) is 10.1 Å². The number of benzene rings is 2. The van der Waals surface area contributed by atoms with E-state index in [2.05, 4.69) is 31.4 Å². The van der Waals surface area contributed by atoms with Gasteiger partial charge in [-0.05, 0) is 34.1 Å². The summed E-state index contributed by atoms with van der Waals surface area (Å²) < 4.78 is 6.20. The van der Waals surface area contributed by atoms with Crippen LogP contribution in [0.3, 0.4) is 0 Å².